The highest BCUT2D eigenvalue weighted by molar-refractivity contribution is 5.41. The maximum Gasteiger partial charge on any atom is 0.156 e. The Balaban J connectivity index is 1.41. The van der Waals surface area contributed by atoms with E-state index in [4.69, 9.17) is 11.2 Å². The van der Waals surface area contributed by atoms with Crippen LogP contribution in [-0.4, -0.2) is 28.0 Å². The molecule has 2 N–H and O–H groups in total. The van der Waals surface area contributed by atoms with E-state index < -0.39 is 11.7 Å². The van der Waals surface area contributed by atoms with Crippen LogP contribution in [0.5, 0.6) is 5.75 Å². The van der Waals surface area contributed by atoms with Crippen LogP contribution in [0.2, 0.25) is 0 Å². The molecular formula is C25H32O3. The molecule has 4 aliphatic carbocycles. The van der Waals surface area contributed by atoms with Gasteiger partial charge in [0.05, 0.1) is 12.2 Å². The molecule has 0 aliphatic heterocycles. The lowest BCUT2D eigenvalue weighted by Crippen LogP contribution is -2.53. The maximum absolute atomic E-state index is 11.1. The predicted octanol–water partition coefficient (Wildman–Crippen LogP) is 4.20. The van der Waals surface area contributed by atoms with Crippen LogP contribution in [0, 0.1) is 29.6 Å². The Morgan fingerprint density at radius 1 is 1.18 bits per heavy atom. The number of rotatable bonds is 2. The third-order valence-electron chi connectivity index (χ3n) is 8.74. The van der Waals surface area contributed by atoms with E-state index in [0.717, 1.165) is 31.4 Å². The Labute approximate surface area is 168 Å². The second-order valence-electron chi connectivity index (χ2n) is 9.92. The number of aryl methyl sites for hydroxylation is 1. The first-order chi connectivity index (χ1) is 13.5. The van der Waals surface area contributed by atoms with Gasteiger partial charge in [-0.2, -0.15) is 0 Å². The maximum atomic E-state index is 11.1. The molecule has 3 nitrogen and oxygen atoms in total. The van der Waals surface area contributed by atoms with Crippen LogP contribution in [0.15, 0.2) is 18.2 Å². The van der Waals surface area contributed by atoms with Crippen LogP contribution >= 0.6 is 0 Å². The van der Waals surface area contributed by atoms with Crippen molar-refractivity contribution in [3.63, 3.8) is 0 Å². The third kappa shape index (κ3) is 2.50. The van der Waals surface area contributed by atoms with E-state index in [2.05, 4.69) is 31.0 Å². The molecule has 5 rings (SSSR count). The summed E-state index contributed by atoms with van der Waals surface area (Å²) in [6.45, 7) is 2.11. The normalized spacial score (nSPS) is 42.4. The number of hydrogen-bond acceptors (Lipinski definition) is 3. The minimum atomic E-state index is -1.39. The highest BCUT2D eigenvalue weighted by atomic mass is 16.5. The van der Waals surface area contributed by atoms with Gasteiger partial charge in [-0.3, -0.25) is 0 Å². The Hall–Kier alpha value is -1.50. The zero-order chi connectivity index (χ0) is 19.5. The van der Waals surface area contributed by atoms with E-state index in [0.29, 0.717) is 24.4 Å². The molecular weight excluding hydrogens is 348 g/mol. The largest absolute Gasteiger partial charge is 0.490 e. The number of aliphatic hydroxyl groups is 2. The molecule has 1 aromatic carbocycles. The van der Waals surface area contributed by atoms with Crippen molar-refractivity contribution in [3.8, 4) is 18.1 Å². The zero-order valence-corrected chi connectivity index (χ0v) is 16.9. The van der Waals surface area contributed by atoms with Gasteiger partial charge in [-0.15, -0.1) is 6.42 Å². The molecule has 28 heavy (non-hydrogen) atoms. The number of ether oxygens (including phenoxy) is 1. The quantitative estimate of drug-likeness (QED) is 0.756. The number of aliphatic hydroxyl groups excluding tert-OH is 1. The lowest BCUT2D eigenvalue weighted by molar-refractivity contribution is -0.101. The van der Waals surface area contributed by atoms with Gasteiger partial charge >= 0.3 is 0 Å². The highest BCUT2D eigenvalue weighted by Crippen LogP contribution is 2.64. The molecule has 0 spiro atoms. The molecule has 1 aromatic rings. The van der Waals surface area contributed by atoms with Crippen molar-refractivity contribution < 1.29 is 14.9 Å². The monoisotopic (exact) mass is 380 g/mol. The van der Waals surface area contributed by atoms with E-state index in [1.807, 2.05) is 0 Å². The Kier molecular flexibility index (Phi) is 4.30. The summed E-state index contributed by atoms with van der Waals surface area (Å²) < 4.78 is 6.23. The molecule has 6 atom stereocenters. The van der Waals surface area contributed by atoms with E-state index in [1.54, 1.807) is 0 Å². The average Bonchev–Trinajstić information content (AvgIpc) is 3.27. The molecule has 3 fully saturated rings. The summed E-state index contributed by atoms with van der Waals surface area (Å²) >= 11 is 0. The molecule has 3 heteroatoms. The fourth-order valence-electron chi connectivity index (χ4n) is 7.11. The minimum Gasteiger partial charge on any atom is -0.490 e. The Bertz CT molecular complexity index is 805. The summed E-state index contributed by atoms with van der Waals surface area (Å²) in [6, 6.07) is 6.73. The van der Waals surface area contributed by atoms with Gasteiger partial charge < -0.3 is 14.9 Å². The molecule has 3 saturated carbocycles. The third-order valence-corrected chi connectivity index (χ3v) is 8.74. The van der Waals surface area contributed by atoms with E-state index in [1.165, 1.54) is 36.8 Å². The number of terminal acetylenes is 1. The Morgan fingerprint density at radius 3 is 2.71 bits per heavy atom. The van der Waals surface area contributed by atoms with Gasteiger partial charge in [0, 0.05) is 5.41 Å². The summed E-state index contributed by atoms with van der Waals surface area (Å²) in [4.78, 5) is 0. The van der Waals surface area contributed by atoms with Crippen LogP contribution < -0.4 is 4.74 Å². The van der Waals surface area contributed by atoms with Crippen LogP contribution in [0.1, 0.15) is 75.3 Å². The van der Waals surface area contributed by atoms with Gasteiger partial charge in [-0.25, -0.2) is 0 Å². The standard InChI is InChI=1S/C25H32O3/c1-3-25(27)23(26)15-22-21-10-8-16-14-18(28-17-6-4-5-7-17)9-11-19(16)20(21)12-13-24(22,25)2/h1,9,11,14,17,20-23,26-27H,4-8,10,12-13,15H2,2H3/t20-,21-,22-,23+,24+,25-/m0/s1. The zero-order valence-electron chi connectivity index (χ0n) is 16.9. The van der Waals surface area contributed by atoms with Crippen molar-refractivity contribution in [1.82, 2.24) is 0 Å². The second kappa shape index (κ2) is 6.51. The number of benzene rings is 1. The SMILES string of the molecule is C#C[C@]1(O)[C@H](O)C[C@H]2[C@H]3CCc4cc(OC5CCCC5)ccc4[C@@H]3CC[C@]21C. The molecule has 4 aliphatic rings. The lowest BCUT2D eigenvalue weighted by atomic mass is 9.53. The van der Waals surface area contributed by atoms with Gasteiger partial charge in [-0.1, -0.05) is 18.9 Å². The molecule has 0 radical (unpaired) electrons. The summed E-state index contributed by atoms with van der Waals surface area (Å²) in [7, 11) is 0. The van der Waals surface area contributed by atoms with Gasteiger partial charge in [0.1, 0.15) is 5.75 Å². The minimum absolute atomic E-state index is 0.282. The highest BCUT2D eigenvalue weighted by Gasteiger charge is 2.65. The molecule has 0 amide bonds. The van der Waals surface area contributed by atoms with Crippen LogP contribution in [0.25, 0.3) is 0 Å². The number of fused-ring (bicyclic) bond motifs is 5. The molecule has 0 bridgehead atoms. The van der Waals surface area contributed by atoms with Crippen molar-refractivity contribution in [3.05, 3.63) is 29.3 Å². The van der Waals surface area contributed by atoms with E-state index in [9.17, 15) is 10.2 Å². The molecule has 150 valence electrons. The number of hydrogen-bond donors (Lipinski definition) is 2. The summed E-state index contributed by atoms with van der Waals surface area (Å²) in [6.07, 6.45) is 14.9. The smallest absolute Gasteiger partial charge is 0.156 e. The first kappa shape index (κ1) is 18.5. The van der Waals surface area contributed by atoms with Crippen LogP contribution in [0.3, 0.4) is 0 Å². The molecule has 0 aromatic heterocycles. The summed E-state index contributed by atoms with van der Waals surface area (Å²) in [5, 5.41) is 21.7. The predicted molar refractivity (Wildman–Crippen MR) is 109 cm³/mol. The van der Waals surface area contributed by atoms with E-state index >= 15 is 0 Å². The van der Waals surface area contributed by atoms with E-state index in [-0.39, 0.29) is 11.3 Å². The lowest BCUT2D eigenvalue weighted by Gasteiger charge is -2.52. The van der Waals surface area contributed by atoms with Crippen molar-refractivity contribution in [2.45, 2.75) is 88.4 Å². The van der Waals surface area contributed by atoms with Crippen molar-refractivity contribution in [2.24, 2.45) is 17.3 Å². The first-order valence-electron chi connectivity index (χ1n) is 11.1. The molecule has 0 unspecified atom stereocenters. The molecule has 0 saturated heterocycles. The van der Waals surface area contributed by atoms with Gasteiger partial charge in [0.15, 0.2) is 5.60 Å². The summed E-state index contributed by atoms with van der Waals surface area (Å²) in [5.41, 5.74) is 1.13. The average molecular weight is 381 g/mol. The van der Waals surface area contributed by atoms with Crippen LogP contribution in [0.4, 0.5) is 0 Å². The second-order valence-corrected chi connectivity index (χ2v) is 9.92. The van der Waals surface area contributed by atoms with Crippen molar-refractivity contribution in [1.29, 1.82) is 0 Å². The topological polar surface area (TPSA) is 49.7 Å². The Morgan fingerprint density at radius 2 is 1.96 bits per heavy atom. The van der Waals surface area contributed by atoms with Crippen LogP contribution in [-0.2, 0) is 6.42 Å². The summed E-state index contributed by atoms with van der Waals surface area (Å²) in [5.74, 6) is 4.89. The van der Waals surface area contributed by atoms with Crippen molar-refractivity contribution in [2.75, 3.05) is 0 Å². The fourth-order valence-corrected chi connectivity index (χ4v) is 7.11. The fraction of sp³-hybridized carbons (Fsp3) is 0.680. The first-order valence-corrected chi connectivity index (χ1v) is 11.1. The van der Waals surface area contributed by atoms with Gasteiger partial charge in [-0.05, 0) is 98.8 Å². The molecule has 0 heterocycles. The van der Waals surface area contributed by atoms with Crippen molar-refractivity contribution >= 4 is 0 Å². The van der Waals surface area contributed by atoms with Gasteiger partial charge in [0.2, 0.25) is 0 Å². The van der Waals surface area contributed by atoms with Gasteiger partial charge in [0.25, 0.3) is 0 Å².